The van der Waals surface area contributed by atoms with E-state index >= 15 is 0 Å². The van der Waals surface area contributed by atoms with Crippen LogP contribution in [-0.2, 0) is 9.59 Å². The van der Waals surface area contributed by atoms with Crippen molar-refractivity contribution in [1.29, 1.82) is 0 Å². The molecular formula is C13H25N3O2. The highest BCUT2D eigenvalue weighted by molar-refractivity contribution is 5.83. The molecule has 104 valence electrons. The normalized spacial score (nSPS) is 17.1. The molecule has 0 spiro atoms. The number of hydrogen-bond donors (Lipinski definition) is 1. The van der Waals surface area contributed by atoms with E-state index in [-0.39, 0.29) is 30.4 Å². The third-order valence-electron chi connectivity index (χ3n) is 3.52. The molecule has 1 saturated heterocycles. The topological polar surface area (TPSA) is 52.7 Å². The second-order valence-electron chi connectivity index (χ2n) is 5.23. The van der Waals surface area contributed by atoms with Crippen LogP contribution in [0.4, 0.5) is 0 Å². The highest BCUT2D eigenvalue weighted by Crippen LogP contribution is 2.08. The van der Waals surface area contributed by atoms with Crippen LogP contribution < -0.4 is 5.32 Å². The van der Waals surface area contributed by atoms with Gasteiger partial charge in [-0.1, -0.05) is 0 Å². The smallest absolute Gasteiger partial charge is 0.239 e. The zero-order chi connectivity index (χ0) is 13.7. The minimum Gasteiger partial charge on any atom is -0.342 e. The van der Waals surface area contributed by atoms with E-state index in [9.17, 15) is 9.59 Å². The van der Waals surface area contributed by atoms with E-state index in [1.165, 1.54) is 0 Å². The summed E-state index contributed by atoms with van der Waals surface area (Å²) in [5, 5.41) is 3.01. The first-order valence-corrected chi connectivity index (χ1v) is 6.71. The zero-order valence-electron chi connectivity index (χ0n) is 11.9. The Morgan fingerprint density at radius 3 is 2.28 bits per heavy atom. The summed E-state index contributed by atoms with van der Waals surface area (Å²) < 4.78 is 0. The van der Waals surface area contributed by atoms with Gasteiger partial charge in [-0.15, -0.1) is 0 Å². The number of likely N-dealkylation sites (tertiary alicyclic amines) is 1. The van der Waals surface area contributed by atoms with Gasteiger partial charge in [0.1, 0.15) is 0 Å². The molecule has 0 saturated carbocycles. The summed E-state index contributed by atoms with van der Waals surface area (Å²) in [6.07, 6.45) is 2.18. The van der Waals surface area contributed by atoms with Gasteiger partial charge >= 0.3 is 0 Å². The summed E-state index contributed by atoms with van der Waals surface area (Å²) >= 11 is 0. The van der Waals surface area contributed by atoms with Crippen LogP contribution in [0.3, 0.4) is 0 Å². The summed E-state index contributed by atoms with van der Waals surface area (Å²) in [7, 11) is 1.78. The number of amides is 2. The first-order chi connectivity index (χ1) is 8.43. The van der Waals surface area contributed by atoms with Crippen molar-refractivity contribution < 1.29 is 9.59 Å². The van der Waals surface area contributed by atoms with E-state index in [2.05, 4.69) is 5.32 Å². The minimum absolute atomic E-state index is 0.0195. The van der Waals surface area contributed by atoms with Crippen molar-refractivity contribution in [1.82, 2.24) is 15.1 Å². The van der Waals surface area contributed by atoms with Crippen molar-refractivity contribution in [2.45, 2.75) is 45.7 Å². The van der Waals surface area contributed by atoms with E-state index in [1.54, 1.807) is 11.9 Å². The number of carbonyl (C=O) groups is 2. The molecule has 1 aliphatic heterocycles. The van der Waals surface area contributed by atoms with Crippen molar-refractivity contribution in [3.05, 3.63) is 0 Å². The molecule has 1 N–H and O–H groups in total. The van der Waals surface area contributed by atoms with Gasteiger partial charge in [0.2, 0.25) is 11.8 Å². The Balaban J connectivity index is 2.34. The Labute approximate surface area is 110 Å². The molecule has 0 aromatic heterocycles. The highest BCUT2D eigenvalue weighted by atomic mass is 16.2. The molecule has 1 heterocycles. The van der Waals surface area contributed by atoms with Crippen LogP contribution in [0.15, 0.2) is 0 Å². The van der Waals surface area contributed by atoms with E-state index < -0.39 is 0 Å². The monoisotopic (exact) mass is 255 g/mol. The Morgan fingerprint density at radius 1 is 1.22 bits per heavy atom. The predicted octanol–water partition coefficient (Wildman–Crippen LogP) is 0.454. The molecule has 0 bridgehead atoms. The first-order valence-electron chi connectivity index (χ1n) is 6.71. The summed E-state index contributed by atoms with van der Waals surface area (Å²) in [4.78, 5) is 27.3. The lowest BCUT2D eigenvalue weighted by Crippen LogP contribution is -2.48. The van der Waals surface area contributed by atoms with Crippen LogP contribution in [0.1, 0.15) is 33.6 Å². The van der Waals surface area contributed by atoms with Gasteiger partial charge in [0.25, 0.3) is 0 Å². The summed E-state index contributed by atoms with van der Waals surface area (Å²) in [6.45, 7) is 7.68. The SMILES string of the molecule is CC(NCC(=O)N(C)C(C)C)C(=O)N1CCCC1. The van der Waals surface area contributed by atoms with E-state index in [1.807, 2.05) is 25.7 Å². The zero-order valence-corrected chi connectivity index (χ0v) is 11.9. The van der Waals surface area contributed by atoms with Crippen molar-refractivity contribution in [2.75, 3.05) is 26.7 Å². The van der Waals surface area contributed by atoms with Crippen molar-refractivity contribution in [3.8, 4) is 0 Å². The minimum atomic E-state index is -0.285. The standard InChI is InChI=1S/C13H25N3O2/c1-10(2)15(4)12(17)9-14-11(3)13(18)16-7-5-6-8-16/h10-11,14H,5-9H2,1-4H3. The van der Waals surface area contributed by atoms with Crippen LogP contribution in [0, 0.1) is 0 Å². The van der Waals surface area contributed by atoms with Gasteiger partial charge in [-0.05, 0) is 33.6 Å². The van der Waals surface area contributed by atoms with Gasteiger partial charge in [-0.2, -0.15) is 0 Å². The number of carbonyl (C=O) groups excluding carboxylic acids is 2. The van der Waals surface area contributed by atoms with Crippen molar-refractivity contribution in [2.24, 2.45) is 0 Å². The highest BCUT2D eigenvalue weighted by Gasteiger charge is 2.23. The summed E-state index contributed by atoms with van der Waals surface area (Å²) in [5.41, 5.74) is 0. The second kappa shape index (κ2) is 6.73. The fourth-order valence-electron chi connectivity index (χ4n) is 1.95. The van der Waals surface area contributed by atoms with E-state index in [0.717, 1.165) is 25.9 Å². The lowest BCUT2D eigenvalue weighted by Gasteiger charge is -2.24. The fraction of sp³-hybridized carbons (Fsp3) is 0.846. The van der Waals surface area contributed by atoms with Crippen molar-refractivity contribution in [3.63, 3.8) is 0 Å². The molecule has 1 rings (SSSR count). The van der Waals surface area contributed by atoms with E-state index in [4.69, 9.17) is 0 Å². The number of likely N-dealkylation sites (N-methyl/N-ethyl adjacent to an activating group) is 1. The van der Waals surface area contributed by atoms with Gasteiger partial charge in [0, 0.05) is 26.2 Å². The van der Waals surface area contributed by atoms with Gasteiger partial charge in [0.15, 0.2) is 0 Å². The largest absolute Gasteiger partial charge is 0.342 e. The van der Waals surface area contributed by atoms with Crippen LogP contribution in [0.5, 0.6) is 0 Å². The molecule has 1 aliphatic rings. The lowest BCUT2D eigenvalue weighted by atomic mass is 10.2. The molecule has 0 aromatic carbocycles. The van der Waals surface area contributed by atoms with Gasteiger partial charge in [0.05, 0.1) is 12.6 Å². The van der Waals surface area contributed by atoms with Gasteiger partial charge < -0.3 is 9.80 Å². The molecule has 1 fully saturated rings. The van der Waals surface area contributed by atoms with E-state index in [0.29, 0.717) is 0 Å². The Kier molecular flexibility index (Phi) is 5.59. The molecule has 5 nitrogen and oxygen atoms in total. The van der Waals surface area contributed by atoms with Crippen LogP contribution >= 0.6 is 0 Å². The molecule has 1 atom stereocenters. The average Bonchev–Trinajstić information content (AvgIpc) is 2.87. The van der Waals surface area contributed by atoms with Crippen LogP contribution in [0.2, 0.25) is 0 Å². The fourth-order valence-corrected chi connectivity index (χ4v) is 1.95. The molecular weight excluding hydrogens is 230 g/mol. The third kappa shape index (κ3) is 3.98. The van der Waals surface area contributed by atoms with Crippen LogP contribution in [0.25, 0.3) is 0 Å². The average molecular weight is 255 g/mol. The Morgan fingerprint density at radius 2 is 1.78 bits per heavy atom. The third-order valence-corrected chi connectivity index (χ3v) is 3.52. The van der Waals surface area contributed by atoms with Crippen LogP contribution in [-0.4, -0.2) is 60.4 Å². The predicted molar refractivity (Wildman–Crippen MR) is 71.2 cm³/mol. The Hall–Kier alpha value is -1.10. The first kappa shape index (κ1) is 15.0. The number of nitrogens with one attached hydrogen (secondary N) is 1. The van der Waals surface area contributed by atoms with Gasteiger partial charge in [-0.3, -0.25) is 14.9 Å². The molecule has 0 aliphatic carbocycles. The maximum absolute atomic E-state index is 12.0. The molecule has 0 radical (unpaired) electrons. The molecule has 2 amide bonds. The van der Waals surface area contributed by atoms with Crippen molar-refractivity contribution >= 4 is 11.8 Å². The molecule has 18 heavy (non-hydrogen) atoms. The Bertz CT molecular complexity index is 299. The number of rotatable bonds is 5. The number of nitrogens with zero attached hydrogens (tertiary/aromatic N) is 2. The maximum Gasteiger partial charge on any atom is 0.239 e. The molecule has 5 heteroatoms. The molecule has 1 unspecified atom stereocenters. The maximum atomic E-state index is 12.0. The second-order valence-corrected chi connectivity index (χ2v) is 5.23. The molecule has 0 aromatic rings. The lowest BCUT2D eigenvalue weighted by molar-refractivity contribution is -0.133. The van der Waals surface area contributed by atoms with Gasteiger partial charge in [-0.25, -0.2) is 0 Å². The summed E-state index contributed by atoms with van der Waals surface area (Å²) in [6, 6.07) is -0.100. The summed E-state index contributed by atoms with van der Waals surface area (Å²) in [5.74, 6) is 0.124. The number of hydrogen-bond acceptors (Lipinski definition) is 3. The quantitative estimate of drug-likeness (QED) is 0.776.